The van der Waals surface area contributed by atoms with Crippen LogP contribution in [-0.2, 0) is 0 Å². The monoisotopic (exact) mass is 535 g/mol. The number of nitriles is 2. The van der Waals surface area contributed by atoms with Crippen molar-refractivity contribution < 1.29 is 0 Å². The van der Waals surface area contributed by atoms with Crippen LogP contribution < -0.4 is 15.9 Å². The van der Waals surface area contributed by atoms with E-state index in [4.69, 9.17) is 10.5 Å². The Morgan fingerprint density at radius 3 is 1.29 bits per heavy atom. The molecule has 0 aliphatic carbocycles. The summed E-state index contributed by atoms with van der Waals surface area (Å²) in [6, 6.07) is 37.5. The molecule has 0 spiro atoms. The maximum absolute atomic E-state index is 9.08. The molecule has 3 aromatic carbocycles. The Balaban J connectivity index is 1.83. The number of benzene rings is 3. The van der Waals surface area contributed by atoms with Gasteiger partial charge in [-0.2, -0.15) is 10.5 Å². The highest BCUT2D eigenvalue weighted by Gasteiger charge is 2.56. The molecule has 0 bridgehead atoms. The van der Waals surface area contributed by atoms with Crippen LogP contribution in [0.2, 0.25) is 0 Å². The summed E-state index contributed by atoms with van der Waals surface area (Å²) in [5, 5.41) is 22.3. The van der Waals surface area contributed by atoms with Crippen LogP contribution in [0.3, 0.4) is 0 Å². The molecule has 1 aliphatic heterocycles. The summed E-state index contributed by atoms with van der Waals surface area (Å²) in [5.41, 5.74) is 0. The molecule has 0 saturated carbocycles. The van der Waals surface area contributed by atoms with E-state index in [0.717, 1.165) is 11.5 Å². The first-order valence-corrected chi connectivity index (χ1v) is 16.5. The summed E-state index contributed by atoms with van der Waals surface area (Å²) in [5.74, 6) is 1.59. The van der Waals surface area contributed by atoms with Crippen LogP contribution in [0.5, 0.6) is 0 Å². The van der Waals surface area contributed by atoms with Crippen molar-refractivity contribution in [1.29, 1.82) is 10.5 Å². The van der Waals surface area contributed by atoms with Gasteiger partial charge in [-0.25, -0.2) is 0 Å². The van der Waals surface area contributed by atoms with Crippen molar-refractivity contribution in [1.82, 2.24) is 0 Å². The van der Waals surface area contributed by atoms with Gasteiger partial charge in [-0.1, -0.05) is 78.1 Å². The summed E-state index contributed by atoms with van der Waals surface area (Å²) in [7, 11) is -2.03. The molecular formula is C27H24N2PS4+. The quantitative estimate of drug-likeness (QED) is 0.203. The third-order valence-corrected chi connectivity index (χ3v) is 17.2. The number of hydrogen-bond acceptors (Lipinski definition) is 6. The lowest BCUT2D eigenvalue weighted by Gasteiger charge is -2.31. The molecule has 0 unspecified atom stereocenters. The minimum atomic E-state index is -2.03. The Morgan fingerprint density at radius 1 is 0.618 bits per heavy atom. The van der Waals surface area contributed by atoms with Crippen LogP contribution in [0.1, 0.15) is 12.8 Å². The van der Waals surface area contributed by atoms with E-state index in [1.807, 2.05) is 23.5 Å². The van der Waals surface area contributed by atoms with Crippen molar-refractivity contribution in [3.05, 3.63) is 99.5 Å². The smallest absolute Gasteiger partial charge is 0.184 e. The van der Waals surface area contributed by atoms with Gasteiger partial charge in [0.2, 0.25) is 0 Å². The second kappa shape index (κ2) is 12.8. The highest BCUT2D eigenvalue weighted by atomic mass is 32.3. The van der Waals surface area contributed by atoms with Crippen LogP contribution in [-0.4, -0.2) is 15.8 Å². The summed E-state index contributed by atoms with van der Waals surface area (Å²) in [6.45, 7) is 0. The van der Waals surface area contributed by atoms with Crippen LogP contribution in [0.4, 0.5) is 0 Å². The van der Waals surface area contributed by atoms with E-state index in [2.05, 4.69) is 103 Å². The lowest BCUT2D eigenvalue weighted by molar-refractivity contribution is 1.24. The molecular weight excluding hydrogens is 512 g/mol. The van der Waals surface area contributed by atoms with Crippen molar-refractivity contribution in [2.75, 3.05) is 11.5 Å². The highest BCUT2D eigenvalue weighted by molar-refractivity contribution is 8.43. The molecule has 1 aliphatic rings. The predicted octanol–water partition coefficient (Wildman–Crippen LogP) is 7.16. The van der Waals surface area contributed by atoms with Gasteiger partial charge in [0.15, 0.2) is 4.32 Å². The number of rotatable bonds is 10. The van der Waals surface area contributed by atoms with Crippen molar-refractivity contribution in [3.8, 4) is 12.1 Å². The molecule has 4 rings (SSSR count). The first kappa shape index (κ1) is 25.3. The van der Waals surface area contributed by atoms with E-state index in [1.54, 1.807) is 23.5 Å². The van der Waals surface area contributed by atoms with Crippen LogP contribution >= 0.6 is 54.3 Å². The van der Waals surface area contributed by atoms with E-state index in [-0.39, 0.29) is 4.32 Å². The fraction of sp³-hybridized carbons (Fsp3) is 0.185. The molecule has 1 heterocycles. The SMILES string of the molecule is N#CCCSC1=C(SCCC#N)SC([P+](c2ccccc2)(c2ccccc2)c2ccccc2)S1. The molecule has 0 fully saturated rings. The number of thioether (sulfide) groups is 4. The number of hydrogen-bond donors (Lipinski definition) is 0. The van der Waals surface area contributed by atoms with Crippen LogP contribution in [0.25, 0.3) is 0 Å². The molecule has 3 aromatic rings. The zero-order valence-corrected chi connectivity index (χ0v) is 22.7. The van der Waals surface area contributed by atoms with Gasteiger partial charge in [-0.15, -0.1) is 23.5 Å². The minimum absolute atomic E-state index is 0.286. The Bertz CT molecular complexity index is 1060. The van der Waals surface area contributed by atoms with Gasteiger partial charge < -0.3 is 0 Å². The van der Waals surface area contributed by atoms with Crippen molar-refractivity contribution in [2.45, 2.75) is 17.2 Å². The fourth-order valence-electron chi connectivity index (χ4n) is 3.83. The molecule has 0 N–H and O–H groups in total. The van der Waals surface area contributed by atoms with Gasteiger partial charge in [0, 0.05) is 24.3 Å². The van der Waals surface area contributed by atoms with E-state index in [9.17, 15) is 0 Å². The highest BCUT2D eigenvalue weighted by Crippen LogP contribution is 2.73. The zero-order chi connectivity index (χ0) is 23.6. The second-order valence-corrected chi connectivity index (χ2v) is 16.8. The molecule has 2 nitrogen and oxygen atoms in total. The Morgan fingerprint density at radius 2 is 0.971 bits per heavy atom. The Kier molecular flexibility index (Phi) is 9.51. The Labute approximate surface area is 219 Å². The minimum Gasteiger partial charge on any atom is -0.198 e. The normalized spacial score (nSPS) is 14.1. The first-order valence-electron chi connectivity index (χ1n) is 10.9. The third kappa shape index (κ3) is 5.54. The topological polar surface area (TPSA) is 47.6 Å². The van der Waals surface area contributed by atoms with E-state index < -0.39 is 7.26 Å². The van der Waals surface area contributed by atoms with Crippen LogP contribution in [0.15, 0.2) is 99.5 Å². The molecule has 0 saturated heterocycles. The summed E-state index contributed by atoms with van der Waals surface area (Å²) in [6.07, 6.45) is 1.08. The lowest BCUT2D eigenvalue weighted by Crippen LogP contribution is -2.35. The zero-order valence-electron chi connectivity index (χ0n) is 18.5. The Hall–Kier alpha value is -1.79. The van der Waals surface area contributed by atoms with Gasteiger partial charge in [0.25, 0.3) is 0 Å². The van der Waals surface area contributed by atoms with Gasteiger partial charge in [0.05, 0.1) is 20.6 Å². The van der Waals surface area contributed by atoms with Gasteiger partial charge >= 0.3 is 0 Å². The molecule has 0 amide bonds. The molecule has 0 radical (unpaired) electrons. The van der Waals surface area contributed by atoms with Gasteiger partial charge in [-0.3, -0.25) is 0 Å². The van der Waals surface area contributed by atoms with E-state index in [0.29, 0.717) is 12.8 Å². The largest absolute Gasteiger partial charge is 0.198 e. The van der Waals surface area contributed by atoms with Crippen molar-refractivity contribution in [3.63, 3.8) is 0 Å². The molecule has 170 valence electrons. The van der Waals surface area contributed by atoms with Gasteiger partial charge in [-0.05, 0) is 36.4 Å². The molecule has 7 heteroatoms. The van der Waals surface area contributed by atoms with E-state index in [1.165, 1.54) is 24.4 Å². The summed E-state index contributed by atoms with van der Waals surface area (Å²) < 4.78 is 2.90. The summed E-state index contributed by atoms with van der Waals surface area (Å²) >= 11 is 7.51. The molecule has 0 aromatic heterocycles. The maximum atomic E-state index is 9.08. The van der Waals surface area contributed by atoms with Crippen molar-refractivity contribution >= 4 is 70.2 Å². The van der Waals surface area contributed by atoms with E-state index >= 15 is 0 Å². The van der Waals surface area contributed by atoms with Gasteiger partial charge in [0.1, 0.15) is 23.2 Å². The average molecular weight is 536 g/mol. The lowest BCUT2D eigenvalue weighted by atomic mass is 10.4. The van der Waals surface area contributed by atoms with Crippen molar-refractivity contribution in [2.24, 2.45) is 0 Å². The third-order valence-electron chi connectivity index (χ3n) is 5.28. The second-order valence-electron chi connectivity index (χ2n) is 7.36. The summed E-state index contributed by atoms with van der Waals surface area (Å²) in [4.78, 5) is 0. The van der Waals surface area contributed by atoms with Crippen LogP contribution in [0, 0.1) is 22.7 Å². The fourth-order valence-corrected chi connectivity index (χ4v) is 17.5. The first-order chi connectivity index (χ1) is 16.8. The average Bonchev–Trinajstić information content (AvgIpc) is 3.30. The maximum Gasteiger partial charge on any atom is 0.184 e. The molecule has 0 atom stereocenters. The predicted molar refractivity (Wildman–Crippen MR) is 157 cm³/mol. The standard InChI is InChI=1S/C27H24N2PS4/c28-18-10-20-31-25-26(32-21-11-19-29)34-27(33-25)30(22-12-4-1-5-13-22,23-14-6-2-7-15-23)24-16-8-3-9-17-24/h1-9,12-17,27H,10-11,20-21H2/q+1. The number of nitrogens with zero attached hydrogens (tertiary/aromatic N) is 2. The molecule has 34 heavy (non-hydrogen) atoms.